The molecule has 0 saturated heterocycles. The summed E-state index contributed by atoms with van der Waals surface area (Å²) in [5.74, 6) is -0.0276. The largest absolute Gasteiger partial charge is 0.457 e. The Morgan fingerprint density at radius 1 is 1.45 bits per heavy atom. The number of oxazole rings is 1. The van der Waals surface area contributed by atoms with E-state index in [1.165, 1.54) is 17.2 Å². The van der Waals surface area contributed by atoms with Crippen molar-refractivity contribution in [3.63, 3.8) is 0 Å². The normalized spacial score (nSPS) is 16.4. The Bertz CT molecular complexity index is 1080. The van der Waals surface area contributed by atoms with E-state index in [-0.39, 0.29) is 39.5 Å². The number of rotatable bonds is 6. The molecule has 1 atom stereocenters. The van der Waals surface area contributed by atoms with Crippen LogP contribution < -0.4 is 10.2 Å². The van der Waals surface area contributed by atoms with Gasteiger partial charge >= 0.3 is 6.03 Å². The molecular weight excluding hydrogens is 440 g/mol. The summed E-state index contributed by atoms with van der Waals surface area (Å²) in [7, 11) is 1.70. The molecule has 2 aromatic rings. The van der Waals surface area contributed by atoms with Crippen LogP contribution in [0.25, 0.3) is 0 Å². The lowest BCUT2D eigenvalue weighted by molar-refractivity contribution is 0.246. The topological polar surface area (TPSA) is 84.7 Å². The van der Waals surface area contributed by atoms with Crippen LogP contribution in [0, 0.1) is 11.2 Å². The molecule has 1 aromatic heterocycles. The molecule has 1 unspecified atom stereocenters. The number of anilines is 1. The van der Waals surface area contributed by atoms with Crippen molar-refractivity contribution in [2.24, 2.45) is 5.41 Å². The minimum atomic E-state index is -1.63. The molecule has 166 valence electrons. The van der Waals surface area contributed by atoms with Crippen LogP contribution in [0.3, 0.4) is 0 Å². The van der Waals surface area contributed by atoms with Gasteiger partial charge in [-0.15, -0.1) is 0 Å². The molecule has 1 aromatic carbocycles. The van der Waals surface area contributed by atoms with Gasteiger partial charge < -0.3 is 14.5 Å². The fourth-order valence-electron chi connectivity index (χ4n) is 2.73. The zero-order valence-electron chi connectivity index (χ0n) is 17.9. The van der Waals surface area contributed by atoms with Gasteiger partial charge in [-0.25, -0.2) is 14.2 Å². The third kappa shape index (κ3) is 5.05. The van der Waals surface area contributed by atoms with Crippen molar-refractivity contribution in [2.75, 3.05) is 10.8 Å². The van der Waals surface area contributed by atoms with E-state index in [1.807, 2.05) is 27.7 Å². The van der Waals surface area contributed by atoms with Crippen LogP contribution in [0.1, 0.15) is 44.8 Å². The highest BCUT2D eigenvalue weighted by molar-refractivity contribution is 7.85. The third-order valence-electron chi connectivity index (χ3n) is 4.75. The summed E-state index contributed by atoms with van der Waals surface area (Å²) in [6.07, 6.45) is 2.21. The summed E-state index contributed by atoms with van der Waals surface area (Å²) < 4.78 is 38.7. The number of carbonyl (C=O) groups is 1. The van der Waals surface area contributed by atoms with Gasteiger partial charge in [-0.05, 0) is 18.6 Å². The first kappa shape index (κ1) is 23.2. The first-order chi connectivity index (χ1) is 14.5. The van der Waals surface area contributed by atoms with Gasteiger partial charge in [0, 0.05) is 5.41 Å². The van der Waals surface area contributed by atoms with Crippen molar-refractivity contribution in [2.45, 2.75) is 45.6 Å². The summed E-state index contributed by atoms with van der Waals surface area (Å²) in [6.45, 7) is 11.6. The second-order valence-corrected chi connectivity index (χ2v) is 9.92. The molecular formula is C21H25FN3O4PS. The number of hydrogen-bond donors (Lipinski definition) is 1. The summed E-state index contributed by atoms with van der Waals surface area (Å²) in [4.78, 5) is 18.6. The zero-order chi connectivity index (χ0) is 22.9. The van der Waals surface area contributed by atoms with Crippen molar-refractivity contribution in [1.82, 2.24) is 10.3 Å². The Hall–Kier alpha value is -2.51. The predicted molar refractivity (Wildman–Crippen MR) is 120 cm³/mol. The van der Waals surface area contributed by atoms with E-state index in [1.54, 1.807) is 0 Å². The zero-order valence-corrected chi connectivity index (χ0v) is 19.7. The number of halogens is 1. The molecule has 7 nitrogen and oxygen atoms in total. The maximum atomic E-state index is 14.9. The molecule has 0 radical (unpaired) electrons. The van der Waals surface area contributed by atoms with E-state index >= 15 is 0 Å². The smallest absolute Gasteiger partial charge is 0.323 e. The van der Waals surface area contributed by atoms with Gasteiger partial charge in [-0.2, -0.15) is 0 Å². The molecule has 2 heterocycles. The third-order valence-corrected chi connectivity index (χ3v) is 6.34. The average Bonchev–Trinajstić information content (AvgIpc) is 3.12. The molecule has 31 heavy (non-hydrogen) atoms. The van der Waals surface area contributed by atoms with Gasteiger partial charge in [0.05, 0.1) is 32.6 Å². The Kier molecular flexibility index (Phi) is 6.67. The quantitative estimate of drug-likeness (QED) is 0.506. The van der Waals surface area contributed by atoms with Crippen LogP contribution in [-0.2, 0) is 28.5 Å². The fourth-order valence-corrected chi connectivity index (χ4v) is 4.09. The summed E-state index contributed by atoms with van der Waals surface area (Å²) in [5.41, 5.74) is 0.828. The first-order valence-corrected chi connectivity index (χ1v) is 11.5. The standard InChI is InChI=1S/C21H25FN3O4PS/c1-6-13-10-28-18(24-13)9-25-16-7-14(19(30)29-12(2)21(3,4)5)15(22)8-17(16)31(27)11-23-20(25)26/h7-8,10,30H,2,6,9,11H2,1,3-5H3,(H,23,26). The van der Waals surface area contributed by atoms with Crippen molar-refractivity contribution < 1.29 is 22.5 Å². The molecule has 2 amide bonds. The minimum absolute atomic E-state index is 0.00624. The van der Waals surface area contributed by atoms with Crippen LogP contribution in [0.5, 0.6) is 0 Å². The number of urea groups is 1. The second kappa shape index (κ2) is 8.93. The molecule has 0 bridgehead atoms. The molecule has 1 N–H and O–H groups in total. The summed E-state index contributed by atoms with van der Waals surface area (Å²) >= 11 is 0. The van der Waals surface area contributed by atoms with Gasteiger partial charge in [0.25, 0.3) is 0 Å². The van der Waals surface area contributed by atoms with Gasteiger partial charge in [0.2, 0.25) is 5.89 Å². The number of fused-ring (bicyclic) bond motifs is 1. The molecule has 1 aliphatic rings. The number of nitrogens with one attached hydrogen (secondary N) is 1. The van der Waals surface area contributed by atoms with E-state index in [9.17, 15) is 13.4 Å². The number of hydrogen-bond acceptors (Lipinski definition) is 5. The maximum absolute atomic E-state index is 14.9. The van der Waals surface area contributed by atoms with Crippen molar-refractivity contribution in [3.05, 3.63) is 53.7 Å². The number of allylic oxidation sites excluding steroid dienone is 1. The molecule has 3 rings (SSSR count). The molecule has 1 aliphatic heterocycles. The van der Waals surface area contributed by atoms with E-state index in [0.717, 1.165) is 11.8 Å². The highest BCUT2D eigenvalue weighted by Gasteiger charge is 2.30. The molecule has 0 spiro atoms. The minimum Gasteiger partial charge on any atom is -0.457 e. The van der Waals surface area contributed by atoms with Gasteiger partial charge in [0.15, 0.2) is 5.48 Å². The molecule has 0 aliphatic carbocycles. The van der Waals surface area contributed by atoms with Crippen LogP contribution in [-0.4, -0.2) is 26.6 Å². The van der Waals surface area contributed by atoms with E-state index in [0.29, 0.717) is 18.1 Å². The number of benzene rings is 1. The molecule has 0 fully saturated rings. The number of nitrogens with zero attached hydrogens (tertiary/aromatic N) is 2. The highest BCUT2D eigenvalue weighted by Crippen LogP contribution is 2.33. The van der Waals surface area contributed by atoms with E-state index in [2.05, 4.69) is 25.7 Å². The molecule has 0 saturated carbocycles. The fraction of sp³-hybridized carbons (Fsp3) is 0.381. The van der Waals surface area contributed by atoms with Crippen molar-refractivity contribution in [1.29, 1.82) is 0 Å². The van der Waals surface area contributed by atoms with Crippen molar-refractivity contribution >= 4 is 36.9 Å². The SMILES string of the molecule is C=C(OC(=P)c1cc2c(cc1F)S(=O)CNC(=O)N2Cc1nc(CC)co1)C(C)(C)C. The maximum Gasteiger partial charge on any atom is 0.323 e. The summed E-state index contributed by atoms with van der Waals surface area (Å²) in [5, 5.41) is 2.58. The Morgan fingerprint density at radius 2 is 2.16 bits per heavy atom. The molecule has 10 heteroatoms. The van der Waals surface area contributed by atoms with E-state index in [4.69, 9.17) is 9.15 Å². The van der Waals surface area contributed by atoms with Crippen LogP contribution in [0.4, 0.5) is 14.9 Å². The van der Waals surface area contributed by atoms with Gasteiger partial charge in [-0.1, -0.05) is 43.1 Å². The lowest BCUT2D eigenvalue weighted by Crippen LogP contribution is -2.38. The highest BCUT2D eigenvalue weighted by atomic mass is 32.2. The van der Waals surface area contributed by atoms with Crippen molar-refractivity contribution in [3.8, 4) is 0 Å². The van der Waals surface area contributed by atoms with E-state index < -0.39 is 22.6 Å². The predicted octanol–water partition coefficient (Wildman–Crippen LogP) is 4.37. The Balaban J connectivity index is 2.03. The Morgan fingerprint density at radius 3 is 2.77 bits per heavy atom. The first-order valence-electron chi connectivity index (χ1n) is 9.68. The lowest BCUT2D eigenvalue weighted by atomic mass is 9.95. The number of ether oxygens (including phenoxy) is 1. The number of aromatic nitrogens is 1. The number of aryl methyl sites for hydroxylation is 1. The average molecular weight is 465 g/mol. The number of amides is 2. The van der Waals surface area contributed by atoms with Gasteiger partial charge in [0.1, 0.15) is 30.3 Å². The number of carbonyl (C=O) groups excluding carboxylic acids is 1. The second-order valence-electron chi connectivity index (χ2n) is 8.05. The van der Waals surface area contributed by atoms with Gasteiger partial charge in [-0.3, -0.25) is 9.11 Å². The van der Waals surface area contributed by atoms with Crippen LogP contribution >= 0.6 is 8.86 Å². The summed E-state index contributed by atoms with van der Waals surface area (Å²) in [6, 6.07) is 2.09. The van der Waals surface area contributed by atoms with Crippen LogP contribution in [0.2, 0.25) is 0 Å². The lowest BCUT2D eigenvalue weighted by Gasteiger charge is -2.24. The van der Waals surface area contributed by atoms with Crippen LogP contribution in [0.15, 0.2) is 40.0 Å². The Labute approximate surface area is 185 Å². The monoisotopic (exact) mass is 465 g/mol.